The number of rotatable bonds is 5. The van der Waals surface area contributed by atoms with Gasteiger partial charge >= 0.3 is 0 Å². The highest BCUT2D eigenvalue weighted by Gasteiger charge is 2.20. The van der Waals surface area contributed by atoms with Gasteiger partial charge < -0.3 is 20.0 Å². The molecule has 0 heterocycles. The molecular formula is C18H24N2O2. The smallest absolute Gasteiger partial charge is 0.109 e. The largest absolute Gasteiger partial charge is 0.385 e. The maximum absolute atomic E-state index is 10.4. The number of nitrogens with zero attached hydrogens (tertiary/aromatic N) is 2. The molecule has 2 aromatic rings. The molecule has 0 aromatic heterocycles. The third-order valence-corrected chi connectivity index (χ3v) is 3.80. The van der Waals surface area contributed by atoms with Crippen molar-refractivity contribution in [2.75, 3.05) is 38.0 Å². The highest BCUT2D eigenvalue weighted by Crippen LogP contribution is 2.30. The van der Waals surface area contributed by atoms with Crippen LogP contribution < -0.4 is 9.80 Å². The lowest BCUT2D eigenvalue weighted by Crippen LogP contribution is -2.12. The van der Waals surface area contributed by atoms with Crippen molar-refractivity contribution in [3.63, 3.8) is 0 Å². The van der Waals surface area contributed by atoms with Crippen LogP contribution in [-0.4, -0.2) is 38.4 Å². The van der Waals surface area contributed by atoms with E-state index in [0.717, 1.165) is 11.4 Å². The van der Waals surface area contributed by atoms with E-state index in [1.54, 1.807) is 0 Å². The van der Waals surface area contributed by atoms with Crippen LogP contribution in [0.15, 0.2) is 48.5 Å². The van der Waals surface area contributed by atoms with Gasteiger partial charge in [-0.05, 0) is 35.4 Å². The van der Waals surface area contributed by atoms with Gasteiger partial charge in [0.05, 0.1) is 0 Å². The van der Waals surface area contributed by atoms with Gasteiger partial charge in [-0.25, -0.2) is 0 Å². The summed E-state index contributed by atoms with van der Waals surface area (Å²) in [6, 6.07) is 15.1. The van der Waals surface area contributed by atoms with Crippen LogP contribution in [0, 0.1) is 0 Å². The zero-order chi connectivity index (χ0) is 16.3. The van der Waals surface area contributed by atoms with Crippen LogP contribution in [0.3, 0.4) is 0 Å². The molecule has 0 aliphatic heterocycles. The lowest BCUT2D eigenvalue weighted by molar-refractivity contribution is 0.0172. The monoisotopic (exact) mass is 300 g/mol. The number of hydrogen-bond acceptors (Lipinski definition) is 4. The molecule has 2 aromatic carbocycles. The Morgan fingerprint density at radius 2 is 0.864 bits per heavy atom. The van der Waals surface area contributed by atoms with Crippen LogP contribution >= 0.6 is 0 Å². The Morgan fingerprint density at radius 1 is 0.591 bits per heavy atom. The van der Waals surface area contributed by atoms with Gasteiger partial charge in [-0.3, -0.25) is 0 Å². The molecule has 0 saturated carbocycles. The van der Waals surface area contributed by atoms with E-state index in [0.29, 0.717) is 11.1 Å². The summed E-state index contributed by atoms with van der Waals surface area (Å²) in [7, 11) is 7.86. The van der Waals surface area contributed by atoms with E-state index in [-0.39, 0.29) is 0 Å². The first kappa shape index (κ1) is 16.3. The van der Waals surface area contributed by atoms with Crippen molar-refractivity contribution in [2.45, 2.75) is 12.2 Å². The Morgan fingerprint density at radius 3 is 1.09 bits per heavy atom. The van der Waals surface area contributed by atoms with E-state index in [2.05, 4.69) is 0 Å². The van der Waals surface area contributed by atoms with E-state index >= 15 is 0 Å². The number of aliphatic hydroxyl groups excluding tert-OH is 2. The summed E-state index contributed by atoms with van der Waals surface area (Å²) in [6.07, 6.45) is -1.89. The molecule has 4 heteroatoms. The minimum atomic E-state index is -0.943. The van der Waals surface area contributed by atoms with Gasteiger partial charge in [0.2, 0.25) is 0 Å². The van der Waals surface area contributed by atoms with E-state index in [1.807, 2.05) is 86.5 Å². The first-order chi connectivity index (χ1) is 10.4. The minimum Gasteiger partial charge on any atom is -0.385 e. The normalized spacial score (nSPS) is 13.5. The van der Waals surface area contributed by atoms with E-state index in [9.17, 15) is 10.2 Å². The van der Waals surface area contributed by atoms with Gasteiger partial charge in [0.25, 0.3) is 0 Å². The number of benzene rings is 2. The van der Waals surface area contributed by atoms with Crippen molar-refractivity contribution in [3.8, 4) is 0 Å². The van der Waals surface area contributed by atoms with Gasteiger partial charge in [-0.1, -0.05) is 24.3 Å². The zero-order valence-corrected chi connectivity index (χ0v) is 13.6. The Bertz CT molecular complexity index is 536. The summed E-state index contributed by atoms with van der Waals surface area (Å²) in [5, 5.41) is 20.8. The molecule has 118 valence electrons. The van der Waals surface area contributed by atoms with Crippen molar-refractivity contribution in [2.24, 2.45) is 0 Å². The Kier molecular flexibility index (Phi) is 5.06. The van der Waals surface area contributed by atoms with Gasteiger partial charge in [0.15, 0.2) is 0 Å². The molecule has 0 aliphatic rings. The molecule has 2 unspecified atom stereocenters. The Labute approximate surface area is 132 Å². The third kappa shape index (κ3) is 3.59. The molecule has 0 fully saturated rings. The first-order valence-corrected chi connectivity index (χ1v) is 7.31. The van der Waals surface area contributed by atoms with Crippen molar-refractivity contribution in [1.29, 1.82) is 0 Å². The molecule has 2 N–H and O–H groups in total. The van der Waals surface area contributed by atoms with Gasteiger partial charge in [-0.2, -0.15) is 0 Å². The molecule has 4 nitrogen and oxygen atoms in total. The minimum absolute atomic E-state index is 0.704. The second-order valence-electron chi connectivity index (χ2n) is 5.86. The maximum Gasteiger partial charge on any atom is 0.109 e. The maximum atomic E-state index is 10.4. The average Bonchev–Trinajstić information content (AvgIpc) is 2.53. The van der Waals surface area contributed by atoms with Crippen LogP contribution in [0.25, 0.3) is 0 Å². The number of hydrogen-bond donors (Lipinski definition) is 2. The second kappa shape index (κ2) is 6.81. The molecule has 0 saturated heterocycles. The number of anilines is 2. The zero-order valence-electron chi connectivity index (χ0n) is 13.6. The lowest BCUT2D eigenvalue weighted by Gasteiger charge is -2.21. The lowest BCUT2D eigenvalue weighted by atomic mass is 9.98. The first-order valence-electron chi connectivity index (χ1n) is 7.31. The molecule has 0 radical (unpaired) electrons. The molecule has 22 heavy (non-hydrogen) atoms. The van der Waals surface area contributed by atoms with E-state index in [4.69, 9.17) is 0 Å². The summed E-state index contributed by atoms with van der Waals surface area (Å²) in [6.45, 7) is 0. The summed E-state index contributed by atoms with van der Waals surface area (Å²) in [5.74, 6) is 0. The Balaban J connectivity index is 2.15. The quantitative estimate of drug-likeness (QED) is 0.891. The van der Waals surface area contributed by atoms with E-state index < -0.39 is 12.2 Å². The van der Waals surface area contributed by atoms with Gasteiger partial charge in [-0.15, -0.1) is 0 Å². The summed E-state index contributed by atoms with van der Waals surface area (Å²) in [4.78, 5) is 3.99. The molecule has 2 atom stereocenters. The van der Waals surface area contributed by atoms with Crippen LogP contribution in [0.4, 0.5) is 11.4 Å². The van der Waals surface area contributed by atoms with Gasteiger partial charge in [0, 0.05) is 39.6 Å². The highest BCUT2D eigenvalue weighted by atomic mass is 16.3. The van der Waals surface area contributed by atoms with Gasteiger partial charge in [0.1, 0.15) is 12.2 Å². The fraction of sp³-hybridized carbons (Fsp3) is 0.333. The summed E-state index contributed by atoms with van der Waals surface area (Å²) < 4.78 is 0. The SMILES string of the molecule is CN(C)c1ccc(C(O)C(O)c2ccc(N(C)C)cc2)cc1. The predicted octanol–water partition coefficient (Wildman–Crippen LogP) is 2.59. The van der Waals surface area contributed by atoms with E-state index in [1.165, 1.54) is 0 Å². The van der Waals surface area contributed by atoms with Crippen LogP contribution in [0.1, 0.15) is 23.3 Å². The predicted molar refractivity (Wildman–Crippen MR) is 91.5 cm³/mol. The van der Waals surface area contributed by atoms with Crippen LogP contribution in [-0.2, 0) is 0 Å². The van der Waals surface area contributed by atoms with Crippen LogP contribution in [0.2, 0.25) is 0 Å². The summed E-state index contributed by atoms with van der Waals surface area (Å²) in [5.41, 5.74) is 3.52. The molecular weight excluding hydrogens is 276 g/mol. The fourth-order valence-electron chi connectivity index (χ4n) is 2.30. The van der Waals surface area contributed by atoms with Crippen molar-refractivity contribution in [1.82, 2.24) is 0 Å². The molecule has 0 amide bonds. The van der Waals surface area contributed by atoms with Crippen LogP contribution in [0.5, 0.6) is 0 Å². The molecule has 0 aliphatic carbocycles. The molecule has 2 rings (SSSR count). The third-order valence-electron chi connectivity index (χ3n) is 3.80. The highest BCUT2D eigenvalue weighted by molar-refractivity contribution is 5.48. The average molecular weight is 300 g/mol. The molecule has 0 bridgehead atoms. The van der Waals surface area contributed by atoms with Crippen molar-refractivity contribution < 1.29 is 10.2 Å². The standard InChI is InChI=1S/C18H24N2O2/c1-19(2)15-9-5-13(6-10-15)17(21)18(22)14-7-11-16(12-8-14)20(3)4/h5-12,17-18,21-22H,1-4H3. The molecule has 0 spiro atoms. The summed E-state index contributed by atoms with van der Waals surface area (Å²) >= 11 is 0. The fourth-order valence-corrected chi connectivity index (χ4v) is 2.30. The Hall–Kier alpha value is -2.04. The number of aliphatic hydroxyl groups is 2. The second-order valence-corrected chi connectivity index (χ2v) is 5.86. The topological polar surface area (TPSA) is 46.9 Å². The van der Waals surface area contributed by atoms with Crippen molar-refractivity contribution >= 4 is 11.4 Å². The van der Waals surface area contributed by atoms with Crippen molar-refractivity contribution in [3.05, 3.63) is 59.7 Å².